The summed E-state index contributed by atoms with van der Waals surface area (Å²) in [6.07, 6.45) is 2.31. The molecule has 0 unspecified atom stereocenters. The summed E-state index contributed by atoms with van der Waals surface area (Å²) in [4.78, 5) is 2.25. The van der Waals surface area contributed by atoms with Gasteiger partial charge in [-0.05, 0) is 36.4 Å². The minimum absolute atomic E-state index is 0.0249. The zero-order valence-electron chi connectivity index (χ0n) is 12.1. The van der Waals surface area contributed by atoms with E-state index in [4.69, 9.17) is 0 Å². The minimum atomic E-state index is -4.34. The fourth-order valence-electron chi connectivity index (χ4n) is 2.62. The van der Waals surface area contributed by atoms with E-state index in [2.05, 4.69) is 16.8 Å². The summed E-state index contributed by atoms with van der Waals surface area (Å²) in [6.45, 7) is 6.95. The first-order chi connectivity index (χ1) is 10.4. The lowest BCUT2D eigenvalue weighted by Gasteiger charge is -2.35. The van der Waals surface area contributed by atoms with Crippen LogP contribution < -0.4 is 5.32 Å². The molecule has 0 bridgehead atoms. The normalized spacial score (nSPS) is 18.1. The fourth-order valence-corrected chi connectivity index (χ4v) is 3.21. The summed E-state index contributed by atoms with van der Waals surface area (Å²) >= 11 is -0.162. The average molecular weight is 332 g/mol. The molecular weight excluding hydrogens is 313 g/mol. The molecule has 0 aromatic heterocycles. The van der Waals surface area contributed by atoms with Gasteiger partial charge in [-0.3, -0.25) is 4.90 Å². The molecule has 1 aromatic rings. The monoisotopic (exact) mass is 332 g/mol. The summed E-state index contributed by atoms with van der Waals surface area (Å²) in [7, 11) is 0. The van der Waals surface area contributed by atoms with Gasteiger partial charge in [-0.25, -0.2) is 0 Å². The Kier molecular flexibility index (Phi) is 5.77. The molecule has 0 spiro atoms. The highest BCUT2D eigenvalue weighted by atomic mass is 32.2. The number of halogens is 3. The maximum atomic E-state index is 12.5. The van der Waals surface area contributed by atoms with Crippen molar-refractivity contribution in [3.8, 4) is 5.75 Å². The number of thioether (sulfide) groups is 1. The molecule has 1 aliphatic rings. The molecule has 0 radical (unpaired) electrons. The number of hydrogen-bond donors (Lipinski definition) is 2. The Morgan fingerprint density at radius 3 is 2.64 bits per heavy atom. The highest BCUT2D eigenvalue weighted by Crippen LogP contribution is 2.40. The van der Waals surface area contributed by atoms with E-state index in [1.54, 1.807) is 6.08 Å². The molecule has 2 rings (SSSR count). The van der Waals surface area contributed by atoms with Gasteiger partial charge in [-0.2, -0.15) is 13.2 Å². The van der Waals surface area contributed by atoms with Crippen molar-refractivity contribution in [3.05, 3.63) is 36.4 Å². The number of aromatic hydroxyl groups is 1. The lowest BCUT2D eigenvalue weighted by atomic mass is 10.00. The first-order valence-electron chi connectivity index (χ1n) is 7.05. The van der Waals surface area contributed by atoms with Gasteiger partial charge >= 0.3 is 5.51 Å². The number of phenolic OH excluding ortho intramolecular Hbond substituents is 1. The standard InChI is InChI=1S/C15H19F3N2OS/c1-2-3-13(20-8-6-19-7-9-20)12-10-11(4-5-14(12)21)22-15(16,17)18/h2,4-5,10,13,19,21H,1,3,6-9H2/t13-/m0/s1. The maximum Gasteiger partial charge on any atom is 0.446 e. The van der Waals surface area contributed by atoms with Gasteiger partial charge in [0.1, 0.15) is 5.75 Å². The van der Waals surface area contributed by atoms with E-state index in [0.29, 0.717) is 12.0 Å². The second kappa shape index (κ2) is 7.39. The molecule has 0 saturated carbocycles. The van der Waals surface area contributed by atoms with Crippen LogP contribution in [0.5, 0.6) is 5.75 Å². The molecular formula is C15H19F3N2OS. The average Bonchev–Trinajstić information content (AvgIpc) is 2.46. The smallest absolute Gasteiger partial charge is 0.446 e. The molecule has 1 aromatic carbocycles. The number of nitrogens with one attached hydrogen (secondary N) is 1. The third-order valence-corrected chi connectivity index (χ3v) is 4.29. The van der Waals surface area contributed by atoms with Crippen LogP contribution in [0, 0.1) is 0 Å². The van der Waals surface area contributed by atoms with Crippen LogP contribution in [0.2, 0.25) is 0 Å². The summed E-state index contributed by atoms with van der Waals surface area (Å²) in [5, 5.41) is 13.3. The summed E-state index contributed by atoms with van der Waals surface area (Å²) in [6, 6.07) is 3.90. The number of benzene rings is 1. The Morgan fingerprint density at radius 1 is 1.36 bits per heavy atom. The van der Waals surface area contributed by atoms with E-state index in [1.807, 2.05) is 0 Å². The highest BCUT2D eigenvalue weighted by Gasteiger charge is 2.30. The van der Waals surface area contributed by atoms with E-state index in [-0.39, 0.29) is 28.4 Å². The molecule has 1 atom stereocenters. The number of piperazine rings is 1. The lowest BCUT2D eigenvalue weighted by molar-refractivity contribution is -0.0328. The predicted octanol–water partition coefficient (Wildman–Crippen LogP) is 3.53. The molecule has 2 N–H and O–H groups in total. The largest absolute Gasteiger partial charge is 0.508 e. The molecule has 7 heteroatoms. The number of hydrogen-bond acceptors (Lipinski definition) is 4. The van der Waals surface area contributed by atoms with Crippen LogP contribution in [0.25, 0.3) is 0 Å². The van der Waals surface area contributed by atoms with Gasteiger partial charge in [0, 0.05) is 42.7 Å². The Labute approximate surface area is 132 Å². The summed E-state index contributed by atoms with van der Waals surface area (Å²) in [5.74, 6) is 0.0249. The second-order valence-electron chi connectivity index (χ2n) is 5.09. The third kappa shape index (κ3) is 4.66. The third-order valence-electron chi connectivity index (χ3n) is 3.57. The molecule has 0 aliphatic carbocycles. The molecule has 22 heavy (non-hydrogen) atoms. The number of rotatable bonds is 5. The molecule has 1 aliphatic heterocycles. The number of alkyl halides is 3. The van der Waals surface area contributed by atoms with Crippen molar-refractivity contribution >= 4 is 11.8 Å². The first-order valence-corrected chi connectivity index (χ1v) is 7.86. The highest BCUT2D eigenvalue weighted by molar-refractivity contribution is 8.00. The zero-order chi connectivity index (χ0) is 16.2. The van der Waals surface area contributed by atoms with Crippen LogP contribution in [0.15, 0.2) is 35.7 Å². The van der Waals surface area contributed by atoms with Crippen LogP contribution in [-0.4, -0.2) is 41.7 Å². The van der Waals surface area contributed by atoms with Gasteiger partial charge in [0.2, 0.25) is 0 Å². The molecule has 0 amide bonds. The molecule has 1 saturated heterocycles. The Bertz CT molecular complexity index is 516. The maximum absolute atomic E-state index is 12.5. The van der Waals surface area contributed by atoms with Crippen LogP contribution >= 0.6 is 11.8 Å². The van der Waals surface area contributed by atoms with Crippen molar-refractivity contribution in [2.24, 2.45) is 0 Å². The number of phenols is 1. The SMILES string of the molecule is C=CC[C@@H](c1cc(SC(F)(F)F)ccc1O)N1CCNCC1. The van der Waals surface area contributed by atoms with E-state index in [1.165, 1.54) is 18.2 Å². The van der Waals surface area contributed by atoms with Crippen LogP contribution in [0.1, 0.15) is 18.0 Å². The second-order valence-corrected chi connectivity index (χ2v) is 6.23. The molecule has 3 nitrogen and oxygen atoms in total. The van der Waals surface area contributed by atoms with Gasteiger partial charge in [0.15, 0.2) is 0 Å². The lowest BCUT2D eigenvalue weighted by Crippen LogP contribution is -2.45. The fraction of sp³-hybridized carbons (Fsp3) is 0.467. The van der Waals surface area contributed by atoms with E-state index in [9.17, 15) is 18.3 Å². The zero-order valence-corrected chi connectivity index (χ0v) is 12.9. The van der Waals surface area contributed by atoms with Crippen LogP contribution in [-0.2, 0) is 0 Å². The van der Waals surface area contributed by atoms with Crippen molar-refractivity contribution in [2.75, 3.05) is 26.2 Å². The summed E-state index contributed by atoms with van der Waals surface area (Å²) in [5.41, 5.74) is -3.81. The van der Waals surface area contributed by atoms with Crippen molar-refractivity contribution in [3.63, 3.8) is 0 Å². The quantitative estimate of drug-likeness (QED) is 0.639. The Morgan fingerprint density at radius 2 is 2.05 bits per heavy atom. The van der Waals surface area contributed by atoms with Gasteiger partial charge < -0.3 is 10.4 Å². The van der Waals surface area contributed by atoms with Gasteiger partial charge in [-0.1, -0.05) is 6.08 Å². The topological polar surface area (TPSA) is 35.5 Å². The van der Waals surface area contributed by atoms with Crippen molar-refractivity contribution in [1.82, 2.24) is 10.2 Å². The van der Waals surface area contributed by atoms with E-state index >= 15 is 0 Å². The van der Waals surface area contributed by atoms with Crippen molar-refractivity contribution in [1.29, 1.82) is 0 Å². The molecule has 1 heterocycles. The van der Waals surface area contributed by atoms with Crippen molar-refractivity contribution in [2.45, 2.75) is 22.9 Å². The summed E-state index contributed by atoms with van der Waals surface area (Å²) < 4.78 is 37.6. The van der Waals surface area contributed by atoms with Crippen LogP contribution in [0.4, 0.5) is 13.2 Å². The first kappa shape index (κ1) is 17.2. The molecule has 1 fully saturated rings. The Hall–Kier alpha value is -1.18. The molecule has 122 valence electrons. The van der Waals surface area contributed by atoms with Gasteiger partial charge in [-0.15, -0.1) is 6.58 Å². The van der Waals surface area contributed by atoms with Crippen LogP contribution in [0.3, 0.4) is 0 Å². The van der Waals surface area contributed by atoms with E-state index < -0.39 is 5.51 Å². The minimum Gasteiger partial charge on any atom is -0.508 e. The number of nitrogens with zero attached hydrogens (tertiary/aromatic N) is 1. The van der Waals surface area contributed by atoms with Gasteiger partial charge in [0.25, 0.3) is 0 Å². The van der Waals surface area contributed by atoms with Gasteiger partial charge in [0.05, 0.1) is 0 Å². The predicted molar refractivity (Wildman–Crippen MR) is 82.0 cm³/mol. The Balaban J connectivity index is 2.28. The van der Waals surface area contributed by atoms with E-state index in [0.717, 1.165) is 26.2 Å². The van der Waals surface area contributed by atoms with Crippen molar-refractivity contribution < 1.29 is 18.3 Å².